The molecule has 0 saturated heterocycles. The molecular formula is C20H30O6S. The van der Waals surface area contributed by atoms with Crippen molar-refractivity contribution in [2.24, 2.45) is 11.3 Å². The molecule has 1 aromatic carbocycles. The van der Waals surface area contributed by atoms with E-state index in [4.69, 9.17) is 0 Å². The van der Waals surface area contributed by atoms with Gasteiger partial charge in [0, 0.05) is 0 Å². The molecule has 0 aliphatic heterocycles. The third kappa shape index (κ3) is 3.52. The Labute approximate surface area is 161 Å². The topological polar surface area (TPSA) is 123 Å². The molecule has 1 fully saturated rings. The molecule has 3 atom stereocenters. The first kappa shape index (κ1) is 21.9. The lowest BCUT2D eigenvalue weighted by molar-refractivity contribution is -0.152. The fraction of sp³-hybridized carbons (Fsp3) is 0.650. The largest absolute Gasteiger partial charge is 0.481 e. The monoisotopic (exact) mass is 398 g/mol. The molecule has 0 radical (unpaired) electrons. The van der Waals surface area contributed by atoms with E-state index in [0.29, 0.717) is 24.8 Å². The molecule has 0 spiro atoms. The maximum atomic E-state index is 12.0. The predicted octanol–water partition coefficient (Wildman–Crippen LogP) is 3.33. The smallest absolute Gasteiger partial charge is 0.309 e. The van der Waals surface area contributed by atoms with E-state index in [1.165, 1.54) is 0 Å². The summed E-state index contributed by atoms with van der Waals surface area (Å²) in [4.78, 5) is 11.7. The quantitative estimate of drug-likeness (QED) is 0.756. The minimum absolute atomic E-state index is 0. The summed E-state index contributed by atoms with van der Waals surface area (Å²) in [6, 6.07) is 3.60. The molecule has 0 unspecified atom stereocenters. The van der Waals surface area contributed by atoms with Crippen molar-refractivity contribution in [1.82, 2.24) is 0 Å². The Morgan fingerprint density at radius 2 is 1.85 bits per heavy atom. The van der Waals surface area contributed by atoms with Crippen molar-refractivity contribution in [3.63, 3.8) is 0 Å². The molecule has 0 bridgehead atoms. The highest BCUT2D eigenvalue weighted by Crippen LogP contribution is 2.55. The molecule has 152 valence electrons. The van der Waals surface area contributed by atoms with Crippen molar-refractivity contribution >= 4 is 16.1 Å². The van der Waals surface area contributed by atoms with E-state index >= 15 is 0 Å². The Balaban J connectivity index is 0.00000261. The standard InChI is InChI=1S/C20H28O5S.H2O/c1-12(2)15-9-13-5-6-14-11-19(3,18(21)22)7-8-20(14,4)16(13)10-17(15)26(23,24)25;/h9-10,12,14H,5-8,11H2,1-4H3,(H,21,22)(H,23,24,25);1H2/t14-,19+,20-;/m0./s1. The number of carbonyl (C=O) groups is 1. The second-order valence-electron chi connectivity index (χ2n) is 8.90. The van der Waals surface area contributed by atoms with Gasteiger partial charge in [-0.3, -0.25) is 9.35 Å². The number of fused-ring (bicyclic) bond motifs is 3. The molecule has 7 heteroatoms. The first-order valence-corrected chi connectivity index (χ1v) is 10.7. The normalized spacial score (nSPS) is 30.2. The van der Waals surface area contributed by atoms with Crippen LogP contribution in [0.15, 0.2) is 17.0 Å². The molecule has 2 aliphatic carbocycles. The average molecular weight is 399 g/mol. The van der Waals surface area contributed by atoms with Crippen LogP contribution >= 0.6 is 0 Å². The zero-order valence-corrected chi connectivity index (χ0v) is 17.2. The lowest BCUT2D eigenvalue weighted by Crippen LogP contribution is -2.47. The van der Waals surface area contributed by atoms with Crippen LogP contribution in [0.4, 0.5) is 0 Å². The Bertz CT molecular complexity index is 859. The minimum Gasteiger partial charge on any atom is -0.481 e. The van der Waals surface area contributed by atoms with Crippen LogP contribution in [0.5, 0.6) is 0 Å². The van der Waals surface area contributed by atoms with Crippen LogP contribution in [0.3, 0.4) is 0 Å². The number of rotatable bonds is 3. The van der Waals surface area contributed by atoms with E-state index in [9.17, 15) is 22.9 Å². The van der Waals surface area contributed by atoms with Gasteiger partial charge in [-0.05, 0) is 79.0 Å². The summed E-state index contributed by atoms with van der Waals surface area (Å²) in [6.45, 7) is 7.78. The van der Waals surface area contributed by atoms with Crippen molar-refractivity contribution in [2.75, 3.05) is 0 Å². The molecule has 0 heterocycles. The maximum Gasteiger partial charge on any atom is 0.309 e. The highest BCUT2D eigenvalue weighted by Gasteiger charge is 2.51. The lowest BCUT2D eigenvalue weighted by Gasteiger charge is -2.51. The van der Waals surface area contributed by atoms with Crippen molar-refractivity contribution in [2.45, 2.75) is 76.0 Å². The Morgan fingerprint density at radius 3 is 2.37 bits per heavy atom. The van der Waals surface area contributed by atoms with E-state index in [0.717, 1.165) is 24.0 Å². The van der Waals surface area contributed by atoms with Gasteiger partial charge in [0.15, 0.2) is 0 Å². The van der Waals surface area contributed by atoms with E-state index in [-0.39, 0.29) is 27.6 Å². The fourth-order valence-corrected chi connectivity index (χ4v) is 5.83. The van der Waals surface area contributed by atoms with Gasteiger partial charge in [0.05, 0.1) is 10.3 Å². The number of hydrogen-bond acceptors (Lipinski definition) is 3. The third-order valence-electron chi connectivity index (χ3n) is 6.82. The molecule has 0 aromatic heterocycles. The van der Waals surface area contributed by atoms with E-state index in [2.05, 4.69) is 6.92 Å². The second-order valence-corrected chi connectivity index (χ2v) is 10.3. The average Bonchev–Trinajstić information content (AvgIpc) is 2.53. The SMILES string of the molecule is CC(C)c1cc2c(cc1S(=O)(=O)O)[C@@]1(C)CC[C@@](C)(C(=O)O)C[C@@H]1CC2.O. The van der Waals surface area contributed by atoms with Gasteiger partial charge in [0.2, 0.25) is 0 Å². The molecule has 3 rings (SSSR count). The van der Waals surface area contributed by atoms with E-state index in [1.807, 2.05) is 26.8 Å². The second kappa shape index (κ2) is 6.87. The zero-order chi connectivity index (χ0) is 19.5. The lowest BCUT2D eigenvalue weighted by atomic mass is 9.53. The van der Waals surface area contributed by atoms with Gasteiger partial charge >= 0.3 is 5.97 Å². The highest BCUT2D eigenvalue weighted by molar-refractivity contribution is 7.85. The van der Waals surface area contributed by atoms with Gasteiger partial charge in [0.25, 0.3) is 10.1 Å². The van der Waals surface area contributed by atoms with Gasteiger partial charge in [-0.1, -0.05) is 26.8 Å². The summed E-state index contributed by atoms with van der Waals surface area (Å²) in [5, 5.41) is 9.60. The van der Waals surface area contributed by atoms with Crippen molar-refractivity contribution in [3.8, 4) is 0 Å². The summed E-state index contributed by atoms with van der Waals surface area (Å²) in [5.41, 5.74) is 1.79. The number of carboxylic acid groups (broad SMARTS) is 1. The first-order chi connectivity index (χ1) is 11.9. The van der Waals surface area contributed by atoms with Crippen LogP contribution in [0.1, 0.15) is 76.0 Å². The molecule has 6 nitrogen and oxygen atoms in total. The molecule has 27 heavy (non-hydrogen) atoms. The number of aryl methyl sites for hydroxylation is 1. The Kier molecular flexibility index (Phi) is 5.56. The first-order valence-electron chi connectivity index (χ1n) is 9.27. The molecule has 2 aliphatic rings. The van der Waals surface area contributed by atoms with Gasteiger partial charge in [-0.15, -0.1) is 0 Å². The summed E-state index contributed by atoms with van der Waals surface area (Å²) in [7, 11) is -4.31. The van der Waals surface area contributed by atoms with Gasteiger partial charge < -0.3 is 10.6 Å². The molecule has 4 N–H and O–H groups in total. The van der Waals surface area contributed by atoms with E-state index < -0.39 is 21.5 Å². The van der Waals surface area contributed by atoms with Crippen molar-refractivity contribution in [3.05, 3.63) is 28.8 Å². The highest BCUT2D eigenvalue weighted by atomic mass is 32.2. The van der Waals surface area contributed by atoms with Crippen molar-refractivity contribution in [1.29, 1.82) is 0 Å². The fourth-order valence-electron chi connectivity index (χ4n) is 4.97. The summed E-state index contributed by atoms with van der Waals surface area (Å²) >= 11 is 0. The minimum atomic E-state index is -4.31. The van der Waals surface area contributed by atoms with E-state index in [1.54, 1.807) is 6.07 Å². The maximum absolute atomic E-state index is 12.0. The van der Waals surface area contributed by atoms with Gasteiger partial charge in [-0.2, -0.15) is 8.42 Å². The Hall–Kier alpha value is -1.44. The molecule has 0 amide bonds. The number of benzene rings is 1. The summed E-state index contributed by atoms with van der Waals surface area (Å²) < 4.78 is 33.7. The van der Waals surface area contributed by atoms with Crippen LogP contribution < -0.4 is 0 Å². The van der Waals surface area contributed by atoms with Crippen LogP contribution in [-0.2, 0) is 26.7 Å². The third-order valence-corrected chi connectivity index (χ3v) is 7.73. The number of carboxylic acids is 1. The number of hydrogen-bond donors (Lipinski definition) is 2. The molecule has 1 aromatic rings. The van der Waals surface area contributed by atoms with Gasteiger partial charge in [0.1, 0.15) is 0 Å². The van der Waals surface area contributed by atoms with Crippen LogP contribution in [-0.4, -0.2) is 29.5 Å². The number of aliphatic carboxylic acids is 1. The molecule has 1 saturated carbocycles. The van der Waals surface area contributed by atoms with Crippen LogP contribution in [0.25, 0.3) is 0 Å². The van der Waals surface area contributed by atoms with Crippen LogP contribution in [0.2, 0.25) is 0 Å². The van der Waals surface area contributed by atoms with Crippen molar-refractivity contribution < 1.29 is 28.3 Å². The van der Waals surface area contributed by atoms with Gasteiger partial charge in [-0.25, -0.2) is 0 Å². The molecular weight excluding hydrogens is 368 g/mol. The van der Waals surface area contributed by atoms with Crippen LogP contribution in [0, 0.1) is 11.3 Å². The summed E-state index contributed by atoms with van der Waals surface area (Å²) in [5.74, 6) is -0.562. The summed E-state index contributed by atoms with van der Waals surface area (Å²) in [6.07, 6.45) is 3.61. The predicted molar refractivity (Wildman–Crippen MR) is 103 cm³/mol. The Morgan fingerprint density at radius 1 is 1.22 bits per heavy atom. The zero-order valence-electron chi connectivity index (χ0n) is 16.4.